The molecule has 2 saturated heterocycles. The number of hydrogen-bond donors (Lipinski definition) is 0. The molecule has 0 aromatic carbocycles. The zero-order valence-electron chi connectivity index (χ0n) is 9.06. The smallest absolute Gasteiger partial charge is 0.115 e. The summed E-state index contributed by atoms with van der Waals surface area (Å²) in [6, 6.07) is 0. The second-order valence-electron chi connectivity index (χ2n) is 5.83. The van der Waals surface area contributed by atoms with Crippen LogP contribution in [0.25, 0.3) is 0 Å². The lowest BCUT2D eigenvalue weighted by atomic mass is 9.84. The van der Waals surface area contributed by atoms with E-state index < -0.39 is 6.17 Å². The summed E-state index contributed by atoms with van der Waals surface area (Å²) in [7, 11) is 0. The molecule has 2 heteroatoms. The van der Waals surface area contributed by atoms with Gasteiger partial charge in [-0.25, -0.2) is 4.39 Å². The minimum absolute atomic E-state index is 0.282. The largest absolute Gasteiger partial charge is 0.294 e. The van der Waals surface area contributed by atoms with Gasteiger partial charge in [0.15, 0.2) is 0 Å². The highest BCUT2D eigenvalue weighted by molar-refractivity contribution is 5.15. The van der Waals surface area contributed by atoms with Crippen molar-refractivity contribution in [3.05, 3.63) is 0 Å². The summed E-state index contributed by atoms with van der Waals surface area (Å²) >= 11 is 0. The minimum atomic E-state index is -0.544. The Morgan fingerprint density at radius 3 is 2.86 bits per heavy atom. The zero-order valence-corrected chi connectivity index (χ0v) is 9.06. The predicted molar refractivity (Wildman–Crippen MR) is 55.0 cm³/mol. The van der Waals surface area contributed by atoms with Crippen molar-refractivity contribution < 1.29 is 4.39 Å². The topological polar surface area (TPSA) is 3.24 Å². The van der Waals surface area contributed by atoms with E-state index in [1.807, 2.05) is 0 Å². The number of alkyl halides is 1. The molecule has 0 N–H and O–H groups in total. The first kappa shape index (κ1) is 9.14. The molecule has 1 spiro atoms. The Bertz CT molecular complexity index is 249. The van der Waals surface area contributed by atoms with Crippen LogP contribution < -0.4 is 0 Å². The molecule has 1 saturated carbocycles. The number of hydrogen-bond acceptors (Lipinski definition) is 1. The van der Waals surface area contributed by atoms with Gasteiger partial charge >= 0.3 is 0 Å². The maximum Gasteiger partial charge on any atom is 0.115 e. The van der Waals surface area contributed by atoms with E-state index in [4.69, 9.17) is 0 Å². The molecule has 2 heterocycles. The first-order chi connectivity index (χ1) is 6.68. The summed E-state index contributed by atoms with van der Waals surface area (Å²) in [5, 5.41) is 0. The lowest BCUT2D eigenvalue weighted by Gasteiger charge is -2.31. The molecule has 0 aromatic rings. The molecule has 1 nitrogen and oxygen atoms in total. The molecule has 2 unspecified atom stereocenters. The Morgan fingerprint density at radius 2 is 2.21 bits per heavy atom. The Labute approximate surface area is 85.7 Å². The number of halogens is 1. The molecular weight excluding hydrogens is 177 g/mol. The summed E-state index contributed by atoms with van der Waals surface area (Å²) < 4.78 is 13.4. The molecule has 80 valence electrons. The van der Waals surface area contributed by atoms with Gasteiger partial charge in [0, 0.05) is 18.6 Å². The van der Waals surface area contributed by atoms with Crippen molar-refractivity contribution in [1.29, 1.82) is 0 Å². The van der Waals surface area contributed by atoms with Crippen LogP contribution in [-0.4, -0.2) is 29.7 Å². The predicted octanol–water partition coefficient (Wildman–Crippen LogP) is 2.75. The van der Waals surface area contributed by atoms with Crippen LogP contribution in [0.3, 0.4) is 0 Å². The summed E-state index contributed by atoms with van der Waals surface area (Å²) in [5.74, 6) is 0. The van der Waals surface area contributed by atoms with Crippen molar-refractivity contribution in [2.45, 2.75) is 57.2 Å². The van der Waals surface area contributed by atoms with Crippen molar-refractivity contribution in [3.8, 4) is 0 Å². The Balaban J connectivity index is 1.82. The highest BCUT2D eigenvalue weighted by Gasteiger charge is 2.61. The van der Waals surface area contributed by atoms with Gasteiger partial charge in [0.05, 0.1) is 0 Å². The fourth-order valence-corrected chi connectivity index (χ4v) is 3.94. The Hall–Kier alpha value is -0.110. The third kappa shape index (κ3) is 1.16. The maximum atomic E-state index is 13.4. The molecule has 0 bridgehead atoms. The average molecular weight is 197 g/mol. The molecule has 0 radical (unpaired) electrons. The molecule has 2 aliphatic heterocycles. The van der Waals surface area contributed by atoms with Gasteiger partial charge in [-0.2, -0.15) is 0 Å². The van der Waals surface area contributed by atoms with Gasteiger partial charge in [0.2, 0.25) is 0 Å². The molecule has 0 amide bonds. The van der Waals surface area contributed by atoms with Gasteiger partial charge in [0.25, 0.3) is 0 Å². The van der Waals surface area contributed by atoms with Crippen molar-refractivity contribution in [2.24, 2.45) is 5.41 Å². The summed E-state index contributed by atoms with van der Waals surface area (Å²) in [5.41, 5.74) is 0.931. The van der Waals surface area contributed by atoms with Crippen LogP contribution in [0, 0.1) is 5.41 Å². The quantitative estimate of drug-likeness (QED) is 0.658. The molecule has 0 aromatic heterocycles. The number of rotatable bonds is 2. The molecule has 2 atom stereocenters. The third-order valence-corrected chi connectivity index (χ3v) is 4.59. The molecule has 1 aliphatic carbocycles. The molecule has 14 heavy (non-hydrogen) atoms. The first-order valence-corrected chi connectivity index (χ1v) is 6.07. The van der Waals surface area contributed by atoms with Gasteiger partial charge in [0.1, 0.15) is 6.17 Å². The maximum absolute atomic E-state index is 13.4. The lowest BCUT2D eigenvalue weighted by molar-refractivity contribution is 0.181. The van der Waals surface area contributed by atoms with E-state index in [2.05, 4.69) is 11.8 Å². The van der Waals surface area contributed by atoms with Crippen molar-refractivity contribution in [1.82, 2.24) is 4.90 Å². The van der Waals surface area contributed by atoms with Gasteiger partial charge < -0.3 is 0 Å². The molecule has 3 aliphatic rings. The van der Waals surface area contributed by atoms with E-state index in [0.29, 0.717) is 5.41 Å². The number of nitrogens with zero attached hydrogens (tertiary/aromatic N) is 1. The normalized spacial score (nSPS) is 44.6. The summed E-state index contributed by atoms with van der Waals surface area (Å²) in [6.07, 6.45) is 6.82. The van der Waals surface area contributed by atoms with Crippen LogP contribution in [0.5, 0.6) is 0 Å². The molecule has 3 rings (SSSR count). The van der Waals surface area contributed by atoms with Gasteiger partial charge in [-0.1, -0.05) is 13.3 Å². The lowest BCUT2D eigenvalue weighted by Crippen LogP contribution is -2.37. The van der Waals surface area contributed by atoms with E-state index in [1.165, 1.54) is 38.6 Å². The third-order valence-electron chi connectivity index (χ3n) is 4.59. The standard InChI is InChI=1S/C12H20FN/c1-2-3-12-6-10(13)7-14(12)9-11(8-12)4-5-11/h10H,2-9H2,1H3. The van der Waals surface area contributed by atoms with Crippen LogP contribution in [0.2, 0.25) is 0 Å². The van der Waals surface area contributed by atoms with E-state index in [9.17, 15) is 4.39 Å². The Morgan fingerprint density at radius 1 is 1.43 bits per heavy atom. The summed E-state index contributed by atoms with van der Waals surface area (Å²) in [4.78, 5) is 2.48. The van der Waals surface area contributed by atoms with E-state index >= 15 is 0 Å². The van der Waals surface area contributed by atoms with Crippen molar-refractivity contribution >= 4 is 0 Å². The highest BCUT2D eigenvalue weighted by Crippen LogP contribution is 2.61. The zero-order chi connectivity index (χ0) is 9.81. The van der Waals surface area contributed by atoms with Crippen molar-refractivity contribution in [3.63, 3.8) is 0 Å². The van der Waals surface area contributed by atoms with Gasteiger partial charge in [-0.3, -0.25) is 4.90 Å². The number of fused-ring (bicyclic) bond motifs is 1. The second kappa shape index (κ2) is 2.72. The second-order valence-corrected chi connectivity index (χ2v) is 5.83. The van der Waals surface area contributed by atoms with Crippen LogP contribution in [-0.2, 0) is 0 Å². The van der Waals surface area contributed by atoms with E-state index in [1.54, 1.807) is 0 Å². The fourth-order valence-electron chi connectivity index (χ4n) is 3.94. The SMILES string of the molecule is CCCC12CC(F)CN1CC1(CC1)C2. The van der Waals surface area contributed by atoms with E-state index in [-0.39, 0.29) is 5.54 Å². The monoisotopic (exact) mass is 197 g/mol. The van der Waals surface area contributed by atoms with Gasteiger partial charge in [-0.15, -0.1) is 0 Å². The van der Waals surface area contributed by atoms with Crippen LogP contribution in [0.4, 0.5) is 4.39 Å². The van der Waals surface area contributed by atoms with Crippen LogP contribution in [0.15, 0.2) is 0 Å². The highest BCUT2D eigenvalue weighted by atomic mass is 19.1. The molecular formula is C12H20FN. The summed E-state index contributed by atoms with van der Waals surface area (Å²) in [6.45, 7) is 4.16. The minimum Gasteiger partial charge on any atom is -0.294 e. The fraction of sp³-hybridized carbons (Fsp3) is 1.00. The van der Waals surface area contributed by atoms with Gasteiger partial charge in [-0.05, 0) is 37.5 Å². The van der Waals surface area contributed by atoms with E-state index in [0.717, 1.165) is 13.0 Å². The molecule has 3 fully saturated rings. The first-order valence-electron chi connectivity index (χ1n) is 6.07. The van der Waals surface area contributed by atoms with Crippen LogP contribution >= 0.6 is 0 Å². The average Bonchev–Trinajstić information content (AvgIpc) is 2.67. The van der Waals surface area contributed by atoms with Crippen LogP contribution in [0.1, 0.15) is 45.4 Å². The van der Waals surface area contributed by atoms with Crippen molar-refractivity contribution in [2.75, 3.05) is 13.1 Å². The Kier molecular flexibility index (Phi) is 1.77.